The smallest absolute Gasteiger partial charge is 0.252 e. The Balaban J connectivity index is 2.29. The maximum atomic E-state index is 11.9. The molecule has 0 saturated carbocycles. The second-order valence-corrected chi connectivity index (χ2v) is 5.05. The Morgan fingerprint density at radius 2 is 2.16 bits per heavy atom. The average molecular weight is 322 g/mol. The van der Waals surface area contributed by atoms with Crippen molar-refractivity contribution in [3.05, 3.63) is 34.5 Å². The molecule has 6 nitrogen and oxygen atoms in total. The number of amides is 1. The molecule has 0 bridgehead atoms. The SMILES string of the molecule is CCNC(=O)c1cc2c3nnc(C)n3cc(Br)n2c1. The van der Waals surface area contributed by atoms with Crippen molar-refractivity contribution < 1.29 is 4.79 Å². The normalized spacial score (nSPS) is 11.3. The van der Waals surface area contributed by atoms with E-state index in [2.05, 4.69) is 31.4 Å². The highest BCUT2D eigenvalue weighted by Crippen LogP contribution is 2.21. The van der Waals surface area contributed by atoms with Gasteiger partial charge in [-0.2, -0.15) is 0 Å². The summed E-state index contributed by atoms with van der Waals surface area (Å²) in [5.74, 6) is 0.714. The highest BCUT2D eigenvalue weighted by atomic mass is 79.9. The van der Waals surface area contributed by atoms with Gasteiger partial charge in [-0.15, -0.1) is 10.2 Å². The van der Waals surface area contributed by atoms with E-state index in [0.717, 1.165) is 21.6 Å². The number of hydrogen-bond acceptors (Lipinski definition) is 3. The van der Waals surface area contributed by atoms with Gasteiger partial charge in [-0.25, -0.2) is 0 Å². The Morgan fingerprint density at radius 1 is 1.37 bits per heavy atom. The van der Waals surface area contributed by atoms with E-state index in [1.54, 1.807) is 6.20 Å². The zero-order valence-corrected chi connectivity index (χ0v) is 12.1. The Hall–Kier alpha value is -1.89. The van der Waals surface area contributed by atoms with Crippen molar-refractivity contribution in [2.24, 2.45) is 0 Å². The number of aryl methyl sites for hydroxylation is 1. The summed E-state index contributed by atoms with van der Waals surface area (Å²) >= 11 is 3.49. The Kier molecular flexibility index (Phi) is 2.78. The number of carbonyl (C=O) groups excluding carboxylic acids is 1. The van der Waals surface area contributed by atoms with Gasteiger partial charge in [-0.1, -0.05) is 0 Å². The summed E-state index contributed by atoms with van der Waals surface area (Å²) in [7, 11) is 0. The third-order valence-corrected chi connectivity index (χ3v) is 3.57. The van der Waals surface area contributed by atoms with Crippen LogP contribution in [0.25, 0.3) is 11.2 Å². The molecule has 0 atom stereocenters. The standard InChI is InChI=1S/C12H12BrN5O/c1-3-14-12(19)8-4-9-11-16-15-7(2)17(11)6-10(13)18(9)5-8/h4-6H,3H2,1-2H3,(H,14,19). The molecule has 0 saturated heterocycles. The van der Waals surface area contributed by atoms with Crippen LogP contribution in [-0.4, -0.2) is 31.5 Å². The Bertz CT molecular complexity index is 788. The van der Waals surface area contributed by atoms with Crippen LogP contribution in [0.2, 0.25) is 0 Å². The minimum Gasteiger partial charge on any atom is -0.352 e. The first-order valence-electron chi connectivity index (χ1n) is 5.92. The van der Waals surface area contributed by atoms with Crippen LogP contribution in [-0.2, 0) is 0 Å². The fraction of sp³-hybridized carbons (Fsp3) is 0.250. The zero-order chi connectivity index (χ0) is 13.6. The predicted molar refractivity (Wildman–Crippen MR) is 74.4 cm³/mol. The van der Waals surface area contributed by atoms with Gasteiger partial charge in [0.2, 0.25) is 0 Å². The van der Waals surface area contributed by atoms with Gasteiger partial charge in [0.05, 0.1) is 11.1 Å². The topological polar surface area (TPSA) is 63.7 Å². The van der Waals surface area contributed by atoms with Crippen LogP contribution in [0, 0.1) is 6.92 Å². The van der Waals surface area contributed by atoms with Crippen molar-refractivity contribution in [2.75, 3.05) is 6.54 Å². The van der Waals surface area contributed by atoms with Crippen molar-refractivity contribution in [3.8, 4) is 0 Å². The summed E-state index contributed by atoms with van der Waals surface area (Å²) in [6.45, 7) is 4.38. The maximum absolute atomic E-state index is 11.9. The summed E-state index contributed by atoms with van der Waals surface area (Å²) in [6, 6.07) is 1.82. The highest BCUT2D eigenvalue weighted by molar-refractivity contribution is 9.10. The Labute approximate surface area is 117 Å². The van der Waals surface area contributed by atoms with Gasteiger partial charge in [0.25, 0.3) is 5.91 Å². The number of nitrogens with zero attached hydrogens (tertiary/aromatic N) is 4. The molecule has 3 heterocycles. The first-order chi connectivity index (χ1) is 9.11. The molecule has 98 valence electrons. The lowest BCUT2D eigenvalue weighted by Crippen LogP contribution is -2.21. The number of fused-ring (bicyclic) bond motifs is 3. The first-order valence-corrected chi connectivity index (χ1v) is 6.71. The molecular weight excluding hydrogens is 310 g/mol. The average Bonchev–Trinajstić information content (AvgIpc) is 2.95. The minimum absolute atomic E-state index is 0.0903. The van der Waals surface area contributed by atoms with Gasteiger partial charge < -0.3 is 9.72 Å². The third kappa shape index (κ3) is 1.81. The highest BCUT2D eigenvalue weighted by Gasteiger charge is 2.14. The fourth-order valence-electron chi connectivity index (χ4n) is 2.07. The van der Waals surface area contributed by atoms with E-state index in [1.165, 1.54) is 0 Å². The number of nitrogens with one attached hydrogen (secondary N) is 1. The molecule has 0 spiro atoms. The molecule has 3 rings (SSSR count). The molecule has 3 aromatic heterocycles. The number of carbonyl (C=O) groups is 1. The van der Waals surface area contributed by atoms with Crippen LogP contribution in [0.5, 0.6) is 0 Å². The molecule has 1 N–H and O–H groups in total. The van der Waals surface area contributed by atoms with E-state index in [-0.39, 0.29) is 5.91 Å². The molecule has 1 amide bonds. The van der Waals surface area contributed by atoms with Crippen molar-refractivity contribution in [1.29, 1.82) is 0 Å². The third-order valence-electron chi connectivity index (χ3n) is 2.98. The lowest BCUT2D eigenvalue weighted by atomic mass is 10.3. The molecule has 0 aromatic carbocycles. The van der Waals surface area contributed by atoms with Gasteiger partial charge in [0.15, 0.2) is 5.65 Å². The molecule has 0 fully saturated rings. The lowest BCUT2D eigenvalue weighted by molar-refractivity contribution is 0.0956. The maximum Gasteiger partial charge on any atom is 0.252 e. The van der Waals surface area contributed by atoms with E-state index >= 15 is 0 Å². The van der Waals surface area contributed by atoms with E-state index in [1.807, 2.05) is 34.9 Å². The van der Waals surface area contributed by atoms with Crippen LogP contribution in [0.3, 0.4) is 0 Å². The van der Waals surface area contributed by atoms with Crippen molar-refractivity contribution in [1.82, 2.24) is 24.3 Å². The molecule has 7 heteroatoms. The van der Waals surface area contributed by atoms with Gasteiger partial charge in [-0.05, 0) is 35.8 Å². The number of rotatable bonds is 2. The van der Waals surface area contributed by atoms with Crippen LogP contribution in [0.15, 0.2) is 23.1 Å². The summed E-state index contributed by atoms with van der Waals surface area (Å²) in [6.07, 6.45) is 3.67. The van der Waals surface area contributed by atoms with E-state index in [4.69, 9.17) is 0 Å². The predicted octanol–water partition coefficient (Wildman–Crippen LogP) is 1.80. The van der Waals surface area contributed by atoms with Crippen molar-refractivity contribution in [3.63, 3.8) is 0 Å². The monoisotopic (exact) mass is 321 g/mol. The van der Waals surface area contributed by atoms with Crippen LogP contribution < -0.4 is 5.32 Å². The van der Waals surface area contributed by atoms with Crippen LogP contribution in [0.4, 0.5) is 0 Å². The van der Waals surface area contributed by atoms with E-state index < -0.39 is 0 Å². The Morgan fingerprint density at radius 3 is 2.89 bits per heavy atom. The molecular formula is C12H12BrN5O. The molecule has 0 unspecified atom stereocenters. The minimum atomic E-state index is -0.0903. The second kappa shape index (κ2) is 4.34. The lowest BCUT2D eigenvalue weighted by Gasteiger charge is -2.01. The van der Waals surface area contributed by atoms with Crippen LogP contribution >= 0.6 is 15.9 Å². The second-order valence-electron chi connectivity index (χ2n) is 4.24. The number of aromatic nitrogens is 4. The first kappa shape index (κ1) is 12.2. The van der Waals surface area contributed by atoms with Crippen molar-refractivity contribution in [2.45, 2.75) is 13.8 Å². The fourth-order valence-corrected chi connectivity index (χ4v) is 2.56. The number of hydrogen-bond donors (Lipinski definition) is 1. The van der Waals surface area contributed by atoms with Gasteiger partial charge in [-0.3, -0.25) is 9.20 Å². The number of halogens is 1. The zero-order valence-electron chi connectivity index (χ0n) is 10.5. The molecule has 0 aliphatic rings. The quantitative estimate of drug-likeness (QED) is 0.782. The molecule has 0 radical (unpaired) electrons. The molecule has 0 aliphatic heterocycles. The largest absolute Gasteiger partial charge is 0.352 e. The van der Waals surface area contributed by atoms with Crippen molar-refractivity contribution >= 4 is 33.0 Å². The van der Waals surface area contributed by atoms with Gasteiger partial charge in [0.1, 0.15) is 10.4 Å². The summed E-state index contributed by atoms with van der Waals surface area (Å²) in [4.78, 5) is 11.9. The van der Waals surface area contributed by atoms with Gasteiger partial charge >= 0.3 is 0 Å². The van der Waals surface area contributed by atoms with Crippen LogP contribution in [0.1, 0.15) is 23.1 Å². The van der Waals surface area contributed by atoms with E-state index in [0.29, 0.717) is 12.1 Å². The molecule has 3 aromatic rings. The molecule has 19 heavy (non-hydrogen) atoms. The summed E-state index contributed by atoms with van der Waals surface area (Å²) < 4.78 is 4.61. The molecule has 0 aliphatic carbocycles. The van der Waals surface area contributed by atoms with E-state index in [9.17, 15) is 4.79 Å². The summed E-state index contributed by atoms with van der Waals surface area (Å²) in [5, 5.41) is 11.0. The van der Waals surface area contributed by atoms with Gasteiger partial charge in [0, 0.05) is 18.9 Å². The summed E-state index contributed by atoms with van der Waals surface area (Å²) in [5.41, 5.74) is 2.18.